The Balaban J connectivity index is 1.42. The maximum Gasteiger partial charge on any atom is 0.320 e. The van der Waals surface area contributed by atoms with Gasteiger partial charge in [-0.1, -0.05) is 29.8 Å². The van der Waals surface area contributed by atoms with Gasteiger partial charge in [0.25, 0.3) is 5.91 Å². The van der Waals surface area contributed by atoms with Gasteiger partial charge in [-0.15, -0.1) is 0 Å². The highest BCUT2D eigenvalue weighted by Gasteiger charge is 2.39. The Hall–Kier alpha value is -3.89. The first-order valence-electron chi connectivity index (χ1n) is 12.4. The number of nitrogens with zero attached hydrogens (tertiary/aromatic N) is 3. The minimum absolute atomic E-state index is 0.110. The van der Waals surface area contributed by atoms with Crippen molar-refractivity contribution in [3.63, 3.8) is 0 Å². The normalized spacial score (nSPS) is 18.6. The van der Waals surface area contributed by atoms with Crippen LogP contribution in [-0.2, 0) is 11.3 Å². The zero-order valence-electron chi connectivity index (χ0n) is 21.3. The number of anilines is 4. The second-order valence-electron chi connectivity index (χ2n) is 9.75. The molecule has 0 spiro atoms. The van der Waals surface area contributed by atoms with Gasteiger partial charge in [-0.3, -0.25) is 9.59 Å². The third-order valence-electron chi connectivity index (χ3n) is 6.64. The SMILES string of the molecule is Cc1ccccc1Nc1nc(Nc2cc3c(cc2OC(C)C)CN([C@H]2CN[C@H](C(=O)O)C2)C3=O)ncc1Cl. The van der Waals surface area contributed by atoms with Crippen molar-refractivity contribution in [2.24, 2.45) is 0 Å². The van der Waals surface area contributed by atoms with Crippen LogP contribution in [0.5, 0.6) is 5.75 Å². The summed E-state index contributed by atoms with van der Waals surface area (Å²) in [6.45, 7) is 6.66. The molecule has 3 heterocycles. The molecule has 0 saturated carbocycles. The number of ether oxygens (including phenoxy) is 1. The van der Waals surface area contributed by atoms with Crippen LogP contribution in [0.2, 0.25) is 5.02 Å². The van der Waals surface area contributed by atoms with E-state index in [1.54, 1.807) is 11.0 Å². The Kier molecular flexibility index (Phi) is 7.09. The van der Waals surface area contributed by atoms with E-state index in [-0.39, 0.29) is 24.0 Å². The number of carboxylic acid groups (broad SMARTS) is 1. The lowest BCUT2D eigenvalue weighted by Gasteiger charge is -2.22. The number of nitrogens with one attached hydrogen (secondary N) is 3. The third kappa shape index (κ3) is 5.23. The van der Waals surface area contributed by atoms with E-state index < -0.39 is 12.0 Å². The topological polar surface area (TPSA) is 129 Å². The van der Waals surface area contributed by atoms with Gasteiger partial charge < -0.3 is 30.7 Å². The van der Waals surface area contributed by atoms with Gasteiger partial charge in [0, 0.05) is 30.4 Å². The van der Waals surface area contributed by atoms with E-state index in [0.717, 1.165) is 16.8 Å². The molecule has 38 heavy (non-hydrogen) atoms. The number of carboxylic acids is 1. The Morgan fingerprint density at radius 2 is 2.03 bits per heavy atom. The average Bonchev–Trinajstić information content (AvgIpc) is 3.48. The van der Waals surface area contributed by atoms with Crippen LogP contribution < -0.4 is 20.7 Å². The minimum atomic E-state index is -0.907. The van der Waals surface area contributed by atoms with Gasteiger partial charge in [0.2, 0.25) is 5.95 Å². The van der Waals surface area contributed by atoms with Gasteiger partial charge in [0.15, 0.2) is 5.82 Å². The van der Waals surface area contributed by atoms with Crippen LogP contribution in [0.15, 0.2) is 42.6 Å². The number of halogens is 1. The first-order chi connectivity index (χ1) is 18.2. The summed E-state index contributed by atoms with van der Waals surface area (Å²) < 4.78 is 6.07. The summed E-state index contributed by atoms with van der Waals surface area (Å²) in [4.78, 5) is 35.3. The first kappa shape index (κ1) is 25.7. The van der Waals surface area contributed by atoms with Gasteiger partial charge in [0.05, 0.1) is 18.0 Å². The average molecular weight is 537 g/mol. The summed E-state index contributed by atoms with van der Waals surface area (Å²) in [5, 5.41) is 19.1. The molecular formula is C27H29ClN6O4. The molecule has 0 aliphatic carbocycles. The molecule has 11 heteroatoms. The zero-order chi connectivity index (χ0) is 27.0. The molecule has 4 N–H and O–H groups in total. The second-order valence-corrected chi connectivity index (χ2v) is 10.2. The van der Waals surface area contributed by atoms with Crippen LogP contribution in [0, 0.1) is 6.92 Å². The highest BCUT2D eigenvalue weighted by molar-refractivity contribution is 6.32. The molecule has 1 aromatic heterocycles. The number of benzene rings is 2. The molecule has 2 aromatic carbocycles. The molecule has 1 saturated heterocycles. The molecule has 2 atom stereocenters. The van der Waals surface area contributed by atoms with Gasteiger partial charge in [0.1, 0.15) is 16.8 Å². The van der Waals surface area contributed by atoms with Crippen molar-refractivity contribution in [2.75, 3.05) is 17.2 Å². The number of carbonyl (C=O) groups is 2. The summed E-state index contributed by atoms with van der Waals surface area (Å²) in [7, 11) is 0. The minimum Gasteiger partial charge on any atom is -0.489 e. The summed E-state index contributed by atoms with van der Waals surface area (Å²) in [5.74, 6) is 0.236. The van der Waals surface area contributed by atoms with Gasteiger partial charge in [-0.05, 0) is 56.5 Å². The molecule has 0 radical (unpaired) electrons. The smallest absolute Gasteiger partial charge is 0.320 e. The maximum atomic E-state index is 13.4. The van der Waals surface area contributed by atoms with Crippen molar-refractivity contribution in [1.29, 1.82) is 0 Å². The van der Waals surface area contributed by atoms with E-state index >= 15 is 0 Å². The molecule has 5 rings (SSSR count). The lowest BCUT2D eigenvalue weighted by Crippen LogP contribution is -2.36. The molecule has 0 bridgehead atoms. The van der Waals surface area contributed by atoms with E-state index in [4.69, 9.17) is 16.3 Å². The number of aromatic nitrogens is 2. The molecular weight excluding hydrogens is 508 g/mol. The van der Waals surface area contributed by atoms with Crippen LogP contribution in [0.3, 0.4) is 0 Å². The van der Waals surface area contributed by atoms with E-state index in [1.165, 1.54) is 6.20 Å². The lowest BCUT2D eigenvalue weighted by molar-refractivity contribution is -0.139. The van der Waals surface area contributed by atoms with Crippen molar-refractivity contribution in [1.82, 2.24) is 20.2 Å². The number of para-hydroxylation sites is 1. The number of hydrogen-bond acceptors (Lipinski definition) is 8. The number of rotatable bonds is 8. The van der Waals surface area contributed by atoms with Crippen molar-refractivity contribution < 1.29 is 19.4 Å². The zero-order valence-corrected chi connectivity index (χ0v) is 22.0. The number of hydrogen-bond donors (Lipinski definition) is 4. The van der Waals surface area contributed by atoms with Gasteiger partial charge in [-0.2, -0.15) is 4.98 Å². The summed E-state index contributed by atoms with van der Waals surface area (Å²) in [5.41, 5.74) is 3.82. The van der Waals surface area contributed by atoms with Gasteiger partial charge >= 0.3 is 5.97 Å². The number of carbonyl (C=O) groups excluding carboxylic acids is 1. The Morgan fingerprint density at radius 3 is 2.74 bits per heavy atom. The molecule has 0 unspecified atom stereocenters. The van der Waals surface area contributed by atoms with Crippen LogP contribution in [0.1, 0.15) is 41.8 Å². The molecule has 3 aromatic rings. The van der Waals surface area contributed by atoms with E-state index in [0.29, 0.717) is 47.4 Å². The quantitative estimate of drug-likeness (QED) is 0.329. The molecule has 1 fully saturated rings. The molecule has 2 aliphatic rings. The number of fused-ring (bicyclic) bond motifs is 1. The van der Waals surface area contributed by atoms with Crippen LogP contribution in [0.25, 0.3) is 0 Å². The third-order valence-corrected chi connectivity index (χ3v) is 6.91. The molecule has 198 valence electrons. The Bertz CT molecular complexity index is 1400. The van der Waals surface area contributed by atoms with Crippen LogP contribution in [0.4, 0.5) is 23.1 Å². The van der Waals surface area contributed by atoms with Crippen molar-refractivity contribution in [3.8, 4) is 5.75 Å². The fourth-order valence-corrected chi connectivity index (χ4v) is 4.86. The monoisotopic (exact) mass is 536 g/mol. The maximum absolute atomic E-state index is 13.4. The van der Waals surface area contributed by atoms with Crippen LogP contribution >= 0.6 is 11.6 Å². The summed E-state index contributed by atoms with van der Waals surface area (Å²) in [6.07, 6.45) is 1.76. The molecule has 10 nitrogen and oxygen atoms in total. The van der Waals surface area contributed by atoms with E-state index in [2.05, 4.69) is 25.9 Å². The summed E-state index contributed by atoms with van der Waals surface area (Å²) in [6, 6.07) is 10.6. The fourth-order valence-electron chi connectivity index (χ4n) is 4.72. The molecule has 1 amide bonds. The van der Waals surface area contributed by atoms with Crippen molar-refractivity contribution in [3.05, 3.63) is 64.3 Å². The first-order valence-corrected chi connectivity index (χ1v) is 12.8. The van der Waals surface area contributed by atoms with E-state index in [1.807, 2.05) is 51.1 Å². The van der Waals surface area contributed by atoms with Gasteiger partial charge in [-0.25, -0.2) is 4.98 Å². The fraction of sp³-hybridized carbons (Fsp3) is 0.333. The second kappa shape index (κ2) is 10.5. The van der Waals surface area contributed by atoms with Crippen molar-refractivity contribution in [2.45, 2.75) is 51.9 Å². The molecule has 2 aliphatic heterocycles. The predicted octanol–water partition coefficient (Wildman–Crippen LogP) is 4.48. The standard InChI is InChI=1S/C27H29ClN6O4/c1-14(2)38-23-8-16-13-34(17-9-22(26(36)37)29-11-17)25(35)18(16)10-21(23)32-27-30-12-19(28)24(33-27)31-20-7-5-4-6-15(20)3/h4-8,10,12,14,17,22,29H,9,11,13H2,1-3H3,(H,36,37)(H2,30,31,32,33)/t17-,22+/m1/s1. The summed E-state index contributed by atoms with van der Waals surface area (Å²) >= 11 is 6.37. The number of aliphatic carboxylic acids is 1. The Labute approximate surface area is 225 Å². The van der Waals surface area contributed by atoms with Crippen molar-refractivity contribution >= 4 is 46.6 Å². The number of aryl methyl sites for hydroxylation is 1. The number of amides is 1. The predicted molar refractivity (Wildman–Crippen MR) is 145 cm³/mol. The van der Waals surface area contributed by atoms with E-state index in [9.17, 15) is 14.7 Å². The van der Waals surface area contributed by atoms with Crippen LogP contribution in [-0.4, -0.2) is 56.6 Å². The Morgan fingerprint density at radius 1 is 1.24 bits per heavy atom. The highest BCUT2D eigenvalue weighted by Crippen LogP contribution is 2.37. The highest BCUT2D eigenvalue weighted by atomic mass is 35.5. The lowest BCUT2D eigenvalue weighted by atomic mass is 10.1. The largest absolute Gasteiger partial charge is 0.489 e.